The van der Waals surface area contributed by atoms with Gasteiger partial charge in [0.25, 0.3) is 0 Å². The van der Waals surface area contributed by atoms with E-state index in [-0.39, 0.29) is 11.5 Å². The molecule has 1 saturated carbocycles. The molecule has 20 heavy (non-hydrogen) atoms. The van der Waals surface area contributed by atoms with Crippen LogP contribution in [0, 0.1) is 6.92 Å². The fourth-order valence-corrected chi connectivity index (χ4v) is 2.42. The molecular weight excluding hydrogens is 252 g/mol. The van der Waals surface area contributed by atoms with Crippen molar-refractivity contribution in [2.45, 2.75) is 70.9 Å². The SMILES string of the molecule is Cc1c(N)nc(C(C)(C)C)nc1NC1CCC(O)CC1. The van der Waals surface area contributed by atoms with Gasteiger partial charge in [-0.25, -0.2) is 9.97 Å². The number of nitrogens with zero attached hydrogens (tertiary/aromatic N) is 2. The number of aromatic nitrogens is 2. The Morgan fingerprint density at radius 3 is 2.30 bits per heavy atom. The van der Waals surface area contributed by atoms with E-state index >= 15 is 0 Å². The molecule has 0 atom stereocenters. The molecule has 0 amide bonds. The highest BCUT2D eigenvalue weighted by Gasteiger charge is 2.23. The van der Waals surface area contributed by atoms with E-state index in [4.69, 9.17) is 5.73 Å². The molecule has 2 rings (SSSR count). The van der Waals surface area contributed by atoms with Gasteiger partial charge in [0.1, 0.15) is 17.5 Å². The Kier molecular flexibility index (Phi) is 4.18. The van der Waals surface area contributed by atoms with Gasteiger partial charge in [0.05, 0.1) is 6.10 Å². The number of nitrogens with one attached hydrogen (secondary N) is 1. The van der Waals surface area contributed by atoms with Crippen LogP contribution < -0.4 is 11.1 Å². The fourth-order valence-electron chi connectivity index (χ4n) is 2.42. The van der Waals surface area contributed by atoms with Crippen molar-refractivity contribution in [3.63, 3.8) is 0 Å². The molecule has 4 N–H and O–H groups in total. The Labute approximate surface area is 121 Å². The highest BCUT2D eigenvalue weighted by Crippen LogP contribution is 2.27. The standard InChI is InChI=1S/C15H26N4O/c1-9-12(16)18-14(15(2,3)4)19-13(9)17-10-5-7-11(20)8-6-10/h10-11,20H,5-8H2,1-4H3,(H3,16,17,18,19). The number of nitrogens with two attached hydrogens (primary N) is 1. The summed E-state index contributed by atoms with van der Waals surface area (Å²) in [5, 5.41) is 13.0. The summed E-state index contributed by atoms with van der Waals surface area (Å²) in [6.45, 7) is 8.19. The second-order valence-corrected chi connectivity index (χ2v) is 6.81. The molecule has 5 nitrogen and oxygen atoms in total. The van der Waals surface area contributed by atoms with E-state index in [1.165, 1.54) is 0 Å². The van der Waals surface area contributed by atoms with Gasteiger partial charge in [0.15, 0.2) is 0 Å². The zero-order valence-corrected chi connectivity index (χ0v) is 12.9. The van der Waals surface area contributed by atoms with Crippen LogP contribution in [0.15, 0.2) is 0 Å². The third-order valence-electron chi connectivity index (χ3n) is 3.89. The van der Waals surface area contributed by atoms with E-state index < -0.39 is 0 Å². The zero-order chi connectivity index (χ0) is 14.9. The highest BCUT2D eigenvalue weighted by molar-refractivity contribution is 5.55. The van der Waals surface area contributed by atoms with Crippen LogP contribution in [-0.2, 0) is 5.41 Å². The molecule has 1 aliphatic carbocycles. The number of nitrogen functional groups attached to an aromatic ring is 1. The first-order valence-electron chi connectivity index (χ1n) is 7.36. The van der Waals surface area contributed by atoms with Crippen molar-refractivity contribution in [1.29, 1.82) is 0 Å². The first kappa shape index (κ1) is 15.0. The summed E-state index contributed by atoms with van der Waals surface area (Å²) in [6, 6.07) is 0.360. The molecule has 0 unspecified atom stereocenters. The van der Waals surface area contributed by atoms with Crippen LogP contribution in [0.3, 0.4) is 0 Å². The minimum Gasteiger partial charge on any atom is -0.393 e. The van der Waals surface area contributed by atoms with Crippen molar-refractivity contribution in [3.8, 4) is 0 Å². The van der Waals surface area contributed by atoms with Crippen LogP contribution >= 0.6 is 0 Å². The number of hydrogen-bond acceptors (Lipinski definition) is 5. The largest absolute Gasteiger partial charge is 0.393 e. The van der Waals surface area contributed by atoms with E-state index in [1.807, 2.05) is 6.92 Å². The van der Waals surface area contributed by atoms with Crippen molar-refractivity contribution >= 4 is 11.6 Å². The van der Waals surface area contributed by atoms with Crippen LogP contribution in [0.25, 0.3) is 0 Å². The van der Waals surface area contributed by atoms with E-state index in [2.05, 4.69) is 36.1 Å². The summed E-state index contributed by atoms with van der Waals surface area (Å²) in [5.74, 6) is 2.14. The second-order valence-electron chi connectivity index (χ2n) is 6.81. The topological polar surface area (TPSA) is 84.1 Å². The smallest absolute Gasteiger partial charge is 0.138 e. The van der Waals surface area contributed by atoms with Crippen LogP contribution in [-0.4, -0.2) is 27.2 Å². The summed E-state index contributed by atoms with van der Waals surface area (Å²) in [4.78, 5) is 9.05. The summed E-state index contributed by atoms with van der Waals surface area (Å²) < 4.78 is 0. The van der Waals surface area contributed by atoms with E-state index in [0.29, 0.717) is 11.9 Å². The van der Waals surface area contributed by atoms with E-state index in [1.54, 1.807) is 0 Å². The molecule has 0 aromatic carbocycles. The molecule has 0 aliphatic heterocycles. The Morgan fingerprint density at radius 1 is 1.15 bits per heavy atom. The maximum atomic E-state index is 9.57. The normalized spacial score (nSPS) is 23.6. The predicted octanol–water partition coefficient (Wildman–Crippen LogP) is 2.38. The predicted molar refractivity (Wildman–Crippen MR) is 81.8 cm³/mol. The Balaban J connectivity index is 2.20. The fraction of sp³-hybridized carbons (Fsp3) is 0.733. The quantitative estimate of drug-likeness (QED) is 0.773. The van der Waals surface area contributed by atoms with Gasteiger partial charge < -0.3 is 16.2 Å². The Bertz CT molecular complexity index is 473. The van der Waals surface area contributed by atoms with Crippen molar-refractivity contribution < 1.29 is 5.11 Å². The minimum atomic E-state index is -0.144. The third-order valence-corrected chi connectivity index (χ3v) is 3.89. The number of hydrogen-bond donors (Lipinski definition) is 3. The second kappa shape index (κ2) is 5.56. The monoisotopic (exact) mass is 278 g/mol. The lowest BCUT2D eigenvalue weighted by molar-refractivity contribution is 0.126. The maximum absolute atomic E-state index is 9.57. The first-order valence-corrected chi connectivity index (χ1v) is 7.36. The summed E-state index contributed by atoms with van der Waals surface area (Å²) in [7, 11) is 0. The third kappa shape index (κ3) is 3.39. The lowest BCUT2D eigenvalue weighted by Crippen LogP contribution is -2.29. The molecule has 0 radical (unpaired) electrons. The van der Waals surface area contributed by atoms with E-state index in [0.717, 1.165) is 42.9 Å². The van der Waals surface area contributed by atoms with Crippen LogP contribution in [0.5, 0.6) is 0 Å². The van der Waals surface area contributed by atoms with Crippen molar-refractivity contribution in [2.24, 2.45) is 0 Å². The number of anilines is 2. The molecule has 0 bridgehead atoms. The Morgan fingerprint density at radius 2 is 1.75 bits per heavy atom. The number of aliphatic hydroxyl groups excluding tert-OH is 1. The first-order chi connectivity index (χ1) is 9.27. The maximum Gasteiger partial charge on any atom is 0.138 e. The van der Waals surface area contributed by atoms with Gasteiger partial charge in [-0.05, 0) is 32.6 Å². The molecule has 112 valence electrons. The molecule has 0 saturated heterocycles. The summed E-state index contributed by atoms with van der Waals surface area (Å²) in [6.07, 6.45) is 3.49. The Hall–Kier alpha value is -1.36. The van der Waals surface area contributed by atoms with Gasteiger partial charge in [-0.1, -0.05) is 20.8 Å². The zero-order valence-electron chi connectivity index (χ0n) is 12.9. The molecule has 1 aliphatic rings. The van der Waals surface area contributed by atoms with Crippen molar-refractivity contribution in [2.75, 3.05) is 11.1 Å². The number of aliphatic hydroxyl groups is 1. The van der Waals surface area contributed by atoms with Gasteiger partial charge in [-0.3, -0.25) is 0 Å². The minimum absolute atomic E-state index is 0.124. The van der Waals surface area contributed by atoms with Crippen molar-refractivity contribution in [1.82, 2.24) is 9.97 Å². The van der Waals surface area contributed by atoms with Crippen LogP contribution in [0.4, 0.5) is 11.6 Å². The van der Waals surface area contributed by atoms with Crippen molar-refractivity contribution in [3.05, 3.63) is 11.4 Å². The highest BCUT2D eigenvalue weighted by atomic mass is 16.3. The lowest BCUT2D eigenvalue weighted by atomic mass is 9.93. The van der Waals surface area contributed by atoms with Crippen LogP contribution in [0.1, 0.15) is 57.8 Å². The van der Waals surface area contributed by atoms with Gasteiger partial charge in [-0.15, -0.1) is 0 Å². The average molecular weight is 278 g/mol. The molecule has 1 heterocycles. The average Bonchev–Trinajstić information content (AvgIpc) is 2.36. The summed E-state index contributed by atoms with van der Waals surface area (Å²) in [5.41, 5.74) is 6.80. The molecule has 1 fully saturated rings. The molecule has 1 aromatic rings. The molecule has 1 aromatic heterocycles. The van der Waals surface area contributed by atoms with Crippen LogP contribution in [0.2, 0.25) is 0 Å². The van der Waals surface area contributed by atoms with E-state index in [9.17, 15) is 5.11 Å². The molecular formula is C15H26N4O. The molecule has 0 spiro atoms. The lowest BCUT2D eigenvalue weighted by Gasteiger charge is -2.28. The van der Waals surface area contributed by atoms with Gasteiger partial charge in [0.2, 0.25) is 0 Å². The van der Waals surface area contributed by atoms with Gasteiger partial charge in [0, 0.05) is 17.0 Å². The molecule has 5 heteroatoms. The number of rotatable bonds is 2. The van der Waals surface area contributed by atoms with Gasteiger partial charge >= 0.3 is 0 Å². The van der Waals surface area contributed by atoms with Gasteiger partial charge in [-0.2, -0.15) is 0 Å². The summed E-state index contributed by atoms with van der Waals surface area (Å²) >= 11 is 0.